The number of carbonyl (C=O) groups excluding carboxylic acids is 2. The van der Waals surface area contributed by atoms with Gasteiger partial charge in [-0.15, -0.1) is 0 Å². The summed E-state index contributed by atoms with van der Waals surface area (Å²) in [7, 11) is 0. The van der Waals surface area contributed by atoms with Gasteiger partial charge in [0.15, 0.2) is 0 Å². The highest BCUT2D eigenvalue weighted by Gasteiger charge is 2.24. The molecule has 6 heteroatoms. The SMILES string of the molecule is CC(C)CN(CC(=O)N(CCc1c[nH]c2ccccc12)Cc1ccc(C(C)(C)C)cc1)C(=O)c1ccc(Cl)cc1. The standard InChI is InChI=1S/C34H40ClN3O2/c1-24(2)21-38(33(40)26-12-16-29(35)17-13-26)23-32(39)37(22-25-10-14-28(15-11-25)34(3,4)5)19-18-27-20-36-31-9-7-6-8-30(27)31/h6-17,20,24,36H,18-19,21-23H2,1-5H3. The molecule has 40 heavy (non-hydrogen) atoms. The normalized spacial score (nSPS) is 11.7. The van der Waals surface area contributed by atoms with Crippen LogP contribution in [0.15, 0.2) is 79.0 Å². The van der Waals surface area contributed by atoms with Crippen LogP contribution in [0, 0.1) is 5.92 Å². The lowest BCUT2D eigenvalue weighted by Crippen LogP contribution is -2.44. The van der Waals surface area contributed by atoms with Crippen LogP contribution in [0.25, 0.3) is 10.9 Å². The van der Waals surface area contributed by atoms with E-state index in [1.54, 1.807) is 29.2 Å². The predicted octanol–water partition coefficient (Wildman–Crippen LogP) is 7.49. The van der Waals surface area contributed by atoms with Crippen molar-refractivity contribution in [1.29, 1.82) is 0 Å². The summed E-state index contributed by atoms with van der Waals surface area (Å²) in [6.07, 6.45) is 2.74. The van der Waals surface area contributed by atoms with Gasteiger partial charge in [0.25, 0.3) is 5.91 Å². The molecule has 0 atom stereocenters. The van der Waals surface area contributed by atoms with Gasteiger partial charge >= 0.3 is 0 Å². The van der Waals surface area contributed by atoms with Crippen molar-refractivity contribution in [2.45, 2.75) is 53.0 Å². The second-order valence-electron chi connectivity index (χ2n) is 12.0. The third kappa shape index (κ3) is 7.54. The lowest BCUT2D eigenvalue weighted by molar-refractivity contribution is -0.132. The van der Waals surface area contributed by atoms with Gasteiger partial charge in [-0.05, 0) is 64.8 Å². The minimum atomic E-state index is -0.162. The zero-order valence-electron chi connectivity index (χ0n) is 24.2. The molecule has 1 N–H and O–H groups in total. The predicted molar refractivity (Wildman–Crippen MR) is 165 cm³/mol. The molecule has 0 saturated carbocycles. The van der Waals surface area contributed by atoms with Crippen molar-refractivity contribution in [3.05, 3.63) is 106 Å². The molecule has 210 valence electrons. The van der Waals surface area contributed by atoms with Gasteiger partial charge in [0.2, 0.25) is 5.91 Å². The Bertz CT molecular complexity index is 1430. The molecule has 0 fully saturated rings. The van der Waals surface area contributed by atoms with Crippen molar-refractivity contribution in [3.63, 3.8) is 0 Å². The van der Waals surface area contributed by atoms with Crippen LogP contribution >= 0.6 is 11.6 Å². The number of carbonyl (C=O) groups is 2. The number of para-hydroxylation sites is 1. The van der Waals surface area contributed by atoms with E-state index in [1.807, 2.05) is 23.2 Å². The molecule has 4 aromatic rings. The molecule has 3 aromatic carbocycles. The molecule has 0 unspecified atom stereocenters. The van der Waals surface area contributed by atoms with Crippen molar-refractivity contribution in [2.75, 3.05) is 19.6 Å². The molecule has 0 radical (unpaired) electrons. The van der Waals surface area contributed by atoms with Gasteiger partial charge in [0.1, 0.15) is 6.54 Å². The van der Waals surface area contributed by atoms with E-state index < -0.39 is 0 Å². The van der Waals surface area contributed by atoms with Gasteiger partial charge in [-0.2, -0.15) is 0 Å². The number of benzene rings is 3. The minimum Gasteiger partial charge on any atom is -0.361 e. The maximum absolute atomic E-state index is 13.9. The van der Waals surface area contributed by atoms with E-state index in [2.05, 4.69) is 76.0 Å². The van der Waals surface area contributed by atoms with E-state index in [1.165, 1.54) is 16.5 Å². The fourth-order valence-corrected chi connectivity index (χ4v) is 5.04. The topological polar surface area (TPSA) is 56.4 Å². The minimum absolute atomic E-state index is 0.0214. The summed E-state index contributed by atoms with van der Waals surface area (Å²) in [5.74, 6) is -0.0128. The van der Waals surface area contributed by atoms with Crippen LogP contribution in [0.2, 0.25) is 5.02 Å². The average molecular weight is 558 g/mol. The van der Waals surface area contributed by atoms with E-state index >= 15 is 0 Å². The number of aromatic nitrogens is 1. The van der Waals surface area contributed by atoms with Gasteiger partial charge in [0.05, 0.1) is 0 Å². The number of halogens is 1. The van der Waals surface area contributed by atoms with Gasteiger partial charge in [-0.25, -0.2) is 0 Å². The molecule has 1 aromatic heterocycles. The molecule has 4 rings (SSSR count). The zero-order chi connectivity index (χ0) is 28.9. The number of nitrogens with one attached hydrogen (secondary N) is 1. The van der Waals surface area contributed by atoms with Crippen LogP contribution in [-0.2, 0) is 23.2 Å². The van der Waals surface area contributed by atoms with Crippen molar-refractivity contribution < 1.29 is 9.59 Å². The highest BCUT2D eigenvalue weighted by atomic mass is 35.5. The molecular formula is C34H40ClN3O2. The summed E-state index contributed by atoms with van der Waals surface area (Å²) < 4.78 is 0. The van der Waals surface area contributed by atoms with E-state index in [0.717, 1.165) is 11.1 Å². The zero-order valence-corrected chi connectivity index (χ0v) is 25.0. The number of amides is 2. The molecule has 1 heterocycles. The monoisotopic (exact) mass is 557 g/mol. The highest BCUT2D eigenvalue weighted by Crippen LogP contribution is 2.23. The number of aromatic amines is 1. The Kier molecular flexibility index (Phi) is 9.36. The van der Waals surface area contributed by atoms with E-state index in [9.17, 15) is 9.59 Å². The number of rotatable bonds is 10. The van der Waals surface area contributed by atoms with Crippen LogP contribution in [0.5, 0.6) is 0 Å². The Morgan fingerprint density at radius 1 is 0.900 bits per heavy atom. The first-order chi connectivity index (χ1) is 19.0. The molecule has 0 spiro atoms. The fraction of sp³-hybridized carbons (Fsp3) is 0.353. The smallest absolute Gasteiger partial charge is 0.254 e. The number of H-pyrrole nitrogens is 1. The summed E-state index contributed by atoms with van der Waals surface area (Å²) in [5.41, 5.74) is 5.17. The fourth-order valence-electron chi connectivity index (χ4n) is 4.91. The van der Waals surface area contributed by atoms with E-state index in [0.29, 0.717) is 36.6 Å². The number of nitrogens with zero attached hydrogens (tertiary/aromatic N) is 2. The largest absolute Gasteiger partial charge is 0.361 e. The lowest BCUT2D eigenvalue weighted by atomic mass is 9.87. The third-order valence-electron chi connectivity index (χ3n) is 7.16. The lowest BCUT2D eigenvalue weighted by Gasteiger charge is -2.29. The third-order valence-corrected chi connectivity index (χ3v) is 7.41. The Morgan fingerprint density at radius 3 is 2.23 bits per heavy atom. The quantitative estimate of drug-likeness (QED) is 0.219. The van der Waals surface area contributed by atoms with E-state index in [-0.39, 0.29) is 29.7 Å². The van der Waals surface area contributed by atoms with Gasteiger partial charge < -0.3 is 14.8 Å². The molecular weight excluding hydrogens is 518 g/mol. The molecule has 0 aliphatic rings. The second-order valence-corrected chi connectivity index (χ2v) is 12.4. The molecule has 0 aliphatic heterocycles. The summed E-state index contributed by atoms with van der Waals surface area (Å²) in [5, 5.41) is 1.74. The Labute approximate surface area is 243 Å². The maximum Gasteiger partial charge on any atom is 0.254 e. The highest BCUT2D eigenvalue weighted by molar-refractivity contribution is 6.30. The number of hydrogen-bond acceptors (Lipinski definition) is 2. The van der Waals surface area contributed by atoms with Crippen molar-refractivity contribution >= 4 is 34.3 Å². The Balaban J connectivity index is 1.57. The van der Waals surface area contributed by atoms with Crippen molar-refractivity contribution in [1.82, 2.24) is 14.8 Å². The molecule has 0 aliphatic carbocycles. The van der Waals surface area contributed by atoms with Crippen LogP contribution in [0.3, 0.4) is 0 Å². The number of fused-ring (bicyclic) bond motifs is 1. The van der Waals surface area contributed by atoms with Gasteiger partial charge in [-0.3, -0.25) is 9.59 Å². The van der Waals surface area contributed by atoms with Crippen LogP contribution in [0.1, 0.15) is 61.7 Å². The van der Waals surface area contributed by atoms with Gasteiger partial charge in [-0.1, -0.05) is 88.7 Å². The summed E-state index contributed by atoms with van der Waals surface area (Å²) >= 11 is 6.04. The van der Waals surface area contributed by atoms with E-state index in [4.69, 9.17) is 11.6 Å². The van der Waals surface area contributed by atoms with Gasteiger partial charge in [0, 0.05) is 47.3 Å². The summed E-state index contributed by atoms with van der Waals surface area (Å²) in [6, 6.07) is 23.6. The van der Waals surface area contributed by atoms with Crippen LogP contribution in [-0.4, -0.2) is 46.2 Å². The molecule has 2 amide bonds. The van der Waals surface area contributed by atoms with Crippen molar-refractivity contribution in [3.8, 4) is 0 Å². The van der Waals surface area contributed by atoms with Crippen molar-refractivity contribution in [2.24, 2.45) is 5.92 Å². The molecule has 5 nitrogen and oxygen atoms in total. The maximum atomic E-state index is 13.9. The number of hydrogen-bond donors (Lipinski definition) is 1. The first-order valence-corrected chi connectivity index (χ1v) is 14.4. The summed E-state index contributed by atoms with van der Waals surface area (Å²) in [6.45, 7) is 12.2. The first-order valence-electron chi connectivity index (χ1n) is 14.0. The Hall–Kier alpha value is -3.57. The second kappa shape index (κ2) is 12.7. The molecule has 0 saturated heterocycles. The molecule has 0 bridgehead atoms. The summed E-state index contributed by atoms with van der Waals surface area (Å²) in [4.78, 5) is 34.2. The first kappa shape index (κ1) is 29.4. The van der Waals surface area contributed by atoms with Crippen LogP contribution in [0.4, 0.5) is 0 Å². The average Bonchev–Trinajstić information content (AvgIpc) is 3.33. The Morgan fingerprint density at radius 2 is 1.57 bits per heavy atom. The van der Waals surface area contributed by atoms with Crippen LogP contribution < -0.4 is 0 Å².